The minimum absolute atomic E-state index is 0.0952. The zero-order valence-corrected chi connectivity index (χ0v) is 18.4. The Morgan fingerprint density at radius 3 is 2.34 bits per heavy atom. The minimum Gasteiger partial charge on any atom is -0.491 e. The van der Waals surface area contributed by atoms with Crippen molar-refractivity contribution in [2.45, 2.75) is 30.5 Å². The Kier molecular flexibility index (Phi) is 7.96. The normalized spacial score (nSPS) is 11.5. The third kappa shape index (κ3) is 7.44. The SMILES string of the molecule is Cc1ccc(OC[C@@H](C)NC(=S)Nc2ccc(CSc3ccccc3)cc2)cc1. The number of nitrogens with one attached hydrogen (secondary N) is 2. The molecule has 0 heterocycles. The van der Waals surface area contributed by atoms with E-state index in [0.717, 1.165) is 17.2 Å². The first kappa shape index (κ1) is 21.2. The van der Waals surface area contributed by atoms with Crippen molar-refractivity contribution in [1.82, 2.24) is 5.32 Å². The number of ether oxygens (including phenoxy) is 1. The van der Waals surface area contributed by atoms with E-state index in [1.807, 2.05) is 49.0 Å². The van der Waals surface area contributed by atoms with Crippen LogP contribution >= 0.6 is 24.0 Å². The van der Waals surface area contributed by atoms with Gasteiger partial charge < -0.3 is 15.4 Å². The number of benzene rings is 3. The van der Waals surface area contributed by atoms with Gasteiger partial charge in [0.15, 0.2) is 5.11 Å². The molecule has 0 amide bonds. The van der Waals surface area contributed by atoms with E-state index in [1.54, 1.807) is 0 Å². The molecule has 0 fully saturated rings. The lowest BCUT2D eigenvalue weighted by atomic mass is 10.2. The summed E-state index contributed by atoms with van der Waals surface area (Å²) in [4.78, 5) is 1.28. The van der Waals surface area contributed by atoms with Gasteiger partial charge in [0.1, 0.15) is 12.4 Å². The molecule has 1 atom stereocenters. The predicted molar refractivity (Wildman–Crippen MR) is 128 cm³/mol. The highest BCUT2D eigenvalue weighted by Crippen LogP contribution is 2.23. The second-order valence-corrected chi connectivity index (χ2v) is 8.38. The van der Waals surface area contributed by atoms with Crippen molar-refractivity contribution in [2.24, 2.45) is 0 Å². The summed E-state index contributed by atoms with van der Waals surface area (Å²) in [5.74, 6) is 1.81. The van der Waals surface area contributed by atoms with E-state index in [9.17, 15) is 0 Å². The molecule has 0 bridgehead atoms. The van der Waals surface area contributed by atoms with Crippen LogP contribution in [0, 0.1) is 6.92 Å². The summed E-state index contributed by atoms with van der Waals surface area (Å²) in [5, 5.41) is 7.09. The molecule has 3 aromatic carbocycles. The first-order valence-corrected chi connectivity index (χ1v) is 11.0. The highest BCUT2D eigenvalue weighted by molar-refractivity contribution is 7.98. The fourth-order valence-corrected chi connectivity index (χ4v) is 3.85. The van der Waals surface area contributed by atoms with Crippen LogP contribution < -0.4 is 15.4 Å². The fourth-order valence-electron chi connectivity index (χ4n) is 2.66. The molecule has 0 spiro atoms. The van der Waals surface area contributed by atoms with Crippen molar-refractivity contribution in [3.05, 3.63) is 90.0 Å². The highest BCUT2D eigenvalue weighted by atomic mass is 32.2. The molecule has 5 heteroatoms. The largest absolute Gasteiger partial charge is 0.491 e. The number of anilines is 1. The molecule has 3 aromatic rings. The molecule has 0 aliphatic heterocycles. The van der Waals surface area contributed by atoms with E-state index in [-0.39, 0.29) is 6.04 Å². The maximum atomic E-state index is 5.80. The molecular weight excluding hydrogens is 396 g/mol. The van der Waals surface area contributed by atoms with Crippen LogP contribution in [0.4, 0.5) is 5.69 Å². The summed E-state index contributed by atoms with van der Waals surface area (Å²) in [6, 6.07) is 27.0. The van der Waals surface area contributed by atoms with E-state index in [4.69, 9.17) is 17.0 Å². The second kappa shape index (κ2) is 10.9. The van der Waals surface area contributed by atoms with E-state index >= 15 is 0 Å². The third-order valence-corrected chi connectivity index (χ3v) is 5.56. The molecule has 0 radical (unpaired) electrons. The van der Waals surface area contributed by atoms with E-state index in [2.05, 4.69) is 66.1 Å². The lowest BCUT2D eigenvalue weighted by Crippen LogP contribution is -2.39. The molecule has 0 aliphatic rings. The highest BCUT2D eigenvalue weighted by Gasteiger charge is 2.06. The topological polar surface area (TPSA) is 33.3 Å². The summed E-state index contributed by atoms with van der Waals surface area (Å²) in [7, 11) is 0. The minimum atomic E-state index is 0.0952. The van der Waals surface area contributed by atoms with Crippen molar-refractivity contribution in [1.29, 1.82) is 0 Å². The van der Waals surface area contributed by atoms with Gasteiger partial charge in [0.05, 0.1) is 6.04 Å². The van der Waals surface area contributed by atoms with Gasteiger partial charge >= 0.3 is 0 Å². The fraction of sp³-hybridized carbons (Fsp3) is 0.208. The van der Waals surface area contributed by atoms with Crippen LogP contribution in [0.2, 0.25) is 0 Å². The van der Waals surface area contributed by atoms with Crippen LogP contribution in [-0.2, 0) is 5.75 Å². The average molecular weight is 423 g/mol. The summed E-state index contributed by atoms with van der Waals surface area (Å²) in [5.41, 5.74) is 3.48. The van der Waals surface area contributed by atoms with Crippen molar-refractivity contribution in [3.63, 3.8) is 0 Å². The van der Waals surface area contributed by atoms with Gasteiger partial charge in [-0.05, 0) is 68.0 Å². The molecule has 3 rings (SSSR count). The van der Waals surface area contributed by atoms with E-state index in [0.29, 0.717) is 11.7 Å². The predicted octanol–water partition coefficient (Wildman–Crippen LogP) is 6.04. The Morgan fingerprint density at radius 2 is 1.66 bits per heavy atom. The van der Waals surface area contributed by atoms with E-state index < -0.39 is 0 Å². The first-order chi connectivity index (χ1) is 14.1. The summed E-state index contributed by atoms with van der Waals surface area (Å²) >= 11 is 7.26. The van der Waals surface area contributed by atoms with Gasteiger partial charge in [-0.25, -0.2) is 0 Å². The zero-order valence-electron chi connectivity index (χ0n) is 16.7. The van der Waals surface area contributed by atoms with Gasteiger partial charge in [0.2, 0.25) is 0 Å². The standard InChI is InChI=1S/C24H26N2OS2/c1-18-8-14-22(15-9-18)27-16-19(2)25-24(28)26-21-12-10-20(11-13-21)17-29-23-6-4-3-5-7-23/h3-15,19H,16-17H2,1-2H3,(H2,25,26,28)/t19-/m1/s1. The van der Waals surface area contributed by atoms with Gasteiger partial charge in [-0.3, -0.25) is 0 Å². The van der Waals surface area contributed by atoms with Crippen LogP contribution in [0.15, 0.2) is 83.8 Å². The second-order valence-electron chi connectivity index (χ2n) is 6.92. The van der Waals surface area contributed by atoms with Crippen molar-refractivity contribution in [3.8, 4) is 5.75 Å². The van der Waals surface area contributed by atoms with Gasteiger partial charge in [-0.1, -0.05) is 48.0 Å². The third-order valence-electron chi connectivity index (χ3n) is 4.26. The molecule has 0 aliphatic carbocycles. The van der Waals surface area contributed by atoms with Gasteiger partial charge in [0, 0.05) is 16.3 Å². The molecule has 0 aromatic heterocycles. The Balaban J connectivity index is 1.40. The smallest absolute Gasteiger partial charge is 0.171 e. The summed E-state index contributed by atoms with van der Waals surface area (Å²) in [6.07, 6.45) is 0. The molecule has 0 saturated heterocycles. The molecule has 150 valence electrons. The molecule has 2 N–H and O–H groups in total. The van der Waals surface area contributed by atoms with Crippen LogP contribution in [0.1, 0.15) is 18.1 Å². The molecule has 29 heavy (non-hydrogen) atoms. The maximum Gasteiger partial charge on any atom is 0.171 e. The number of hydrogen-bond donors (Lipinski definition) is 2. The summed E-state index contributed by atoms with van der Waals surface area (Å²) in [6.45, 7) is 4.65. The van der Waals surface area contributed by atoms with Crippen molar-refractivity contribution >= 4 is 34.8 Å². The number of thiocarbonyl (C=S) groups is 1. The van der Waals surface area contributed by atoms with Crippen molar-refractivity contribution in [2.75, 3.05) is 11.9 Å². The number of aryl methyl sites for hydroxylation is 1. The lowest BCUT2D eigenvalue weighted by Gasteiger charge is -2.18. The molecular formula is C24H26N2OS2. The number of thioether (sulfide) groups is 1. The van der Waals surface area contributed by atoms with Gasteiger partial charge in [0.25, 0.3) is 0 Å². The monoisotopic (exact) mass is 422 g/mol. The molecule has 0 saturated carbocycles. The first-order valence-electron chi connectivity index (χ1n) is 9.62. The summed E-state index contributed by atoms with van der Waals surface area (Å²) < 4.78 is 5.80. The van der Waals surface area contributed by atoms with Gasteiger partial charge in [-0.15, -0.1) is 11.8 Å². The van der Waals surface area contributed by atoms with Crippen LogP contribution in [0.3, 0.4) is 0 Å². The molecule has 0 unspecified atom stereocenters. The Bertz CT molecular complexity index is 896. The van der Waals surface area contributed by atoms with Gasteiger partial charge in [-0.2, -0.15) is 0 Å². The zero-order chi connectivity index (χ0) is 20.5. The Hall–Kier alpha value is -2.50. The molecule has 3 nitrogen and oxygen atoms in total. The Morgan fingerprint density at radius 1 is 0.966 bits per heavy atom. The Labute approximate surface area is 182 Å². The number of rotatable bonds is 8. The lowest BCUT2D eigenvalue weighted by molar-refractivity contribution is 0.287. The number of hydrogen-bond acceptors (Lipinski definition) is 3. The van der Waals surface area contributed by atoms with Crippen molar-refractivity contribution < 1.29 is 4.74 Å². The van der Waals surface area contributed by atoms with E-state index in [1.165, 1.54) is 16.0 Å². The maximum absolute atomic E-state index is 5.80. The van der Waals surface area contributed by atoms with Crippen LogP contribution in [0.5, 0.6) is 5.75 Å². The van der Waals surface area contributed by atoms with Crippen LogP contribution in [0.25, 0.3) is 0 Å². The van der Waals surface area contributed by atoms with Crippen LogP contribution in [-0.4, -0.2) is 17.8 Å². The quantitative estimate of drug-likeness (QED) is 0.342. The average Bonchev–Trinajstić information content (AvgIpc) is 2.73.